The van der Waals surface area contributed by atoms with E-state index in [1.54, 1.807) is 6.92 Å². The third kappa shape index (κ3) is 6.03. The number of aryl methyl sites for hydroxylation is 1. The standard InChI is InChI=1S/C25H31N3O5/c1-6-13-30-21-12-11-19(15-22(21)31-14-7-2)23-24(28-33-27-23)26-25(29)18(5)32-20-10-8-9-16(3)17(20)4/h8-12,15,18H,6-7,13-14H2,1-5H3,(H,26,28,29)/t18-/m0/s1. The molecule has 0 unspecified atom stereocenters. The molecule has 0 saturated carbocycles. The molecule has 3 aromatic rings. The number of anilines is 1. The molecular weight excluding hydrogens is 422 g/mol. The van der Waals surface area contributed by atoms with Gasteiger partial charge in [0.25, 0.3) is 5.91 Å². The lowest BCUT2D eigenvalue weighted by atomic mass is 10.1. The summed E-state index contributed by atoms with van der Waals surface area (Å²) in [6, 6.07) is 11.2. The third-order valence-corrected chi connectivity index (χ3v) is 5.10. The summed E-state index contributed by atoms with van der Waals surface area (Å²) in [6.45, 7) is 10.9. The second-order valence-electron chi connectivity index (χ2n) is 7.77. The number of nitrogens with one attached hydrogen (secondary N) is 1. The van der Waals surface area contributed by atoms with Gasteiger partial charge in [-0.25, -0.2) is 4.63 Å². The smallest absolute Gasteiger partial charge is 0.266 e. The van der Waals surface area contributed by atoms with E-state index in [0.29, 0.717) is 41.7 Å². The molecule has 8 heteroatoms. The highest BCUT2D eigenvalue weighted by Crippen LogP contribution is 2.34. The van der Waals surface area contributed by atoms with Gasteiger partial charge in [-0.05, 0) is 79.3 Å². The van der Waals surface area contributed by atoms with Crippen molar-refractivity contribution in [3.63, 3.8) is 0 Å². The largest absolute Gasteiger partial charge is 0.490 e. The number of carbonyl (C=O) groups is 1. The first-order valence-corrected chi connectivity index (χ1v) is 11.2. The first-order chi connectivity index (χ1) is 15.9. The van der Waals surface area contributed by atoms with Crippen LogP contribution >= 0.6 is 0 Å². The van der Waals surface area contributed by atoms with Gasteiger partial charge in [0.2, 0.25) is 5.82 Å². The first-order valence-electron chi connectivity index (χ1n) is 11.2. The summed E-state index contributed by atoms with van der Waals surface area (Å²) in [5, 5.41) is 10.6. The minimum atomic E-state index is -0.747. The molecule has 3 rings (SSSR count). The van der Waals surface area contributed by atoms with E-state index in [-0.39, 0.29) is 11.7 Å². The van der Waals surface area contributed by atoms with Crippen LogP contribution in [0.3, 0.4) is 0 Å². The van der Waals surface area contributed by atoms with Crippen LogP contribution in [0.4, 0.5) is 5.82 Å². The molecule has 1 heterocycles. The average molecular weight is 454 g/mol. The number of hydrogen-bond donors (Lipinski definition) is 1. The molecule has 176 valence electrons. The molecule has 0 bridgehead atoms. The van der Waals surface area contributed by atoms with Crippen molar-refractivity contribution < 1.29 is 23.6 Å². The molecule has 0 spiro atoms. The van der Waals surface area contributed by atoms with E-state index in [1.165, 1.54) is 0 Å². The van der Waals surface area contributed by atoms with Gasteiger partial charge in [-0.1, -0.05) is 26.0 Å². The van der Waals surface area contributed by atoms with E-state index in [0.717, 1.165) is 24.0 Å². The number of aromatic nitrogens is 2. The van der Waals surface area contributed by atoms with Crippen molar-refractivity contribution in [3.8, 4) is 28.5 Å². The van der Waals surface area contributed by atoms with Gasteiger partial charge in [-0.2, -0.15) is 0 Å². The molecule has 1 N–H and O–H groups in total. The van der Waals surface area contributed by atoms with Crippen molar-refractivity contribution in [2.24, 2.45) is 0 Å². The predicted octanol–water partition coefficient (Wildman–Crippen LogP) is 5.34. The van der Waals surface area contributed by atoms with Crippen molar-refractivity contribution in [1.82, 2.24) is 10.3 Å². The molecule has 8 nitrogen and oxygen atoms in total. The van der Waals surface area contributed by atoms with E-state index in [1.807, 2.05) is 64.1 Å². The van der Waals surface area contributed by atoms with E-state index in [4.69, 9.17) is 18.8 Å². The van der Waals surface area contributed by atoms with Gasteiger partial charge in [0.05, 0.1) is 13.2 Å². The molecule has 0 aliphatic heterocycles. The number of ether oxygens (including phenoxy) is 3. The summed E-state index contributed by atoms with van der Waals surface area (Å²) in [5.74, 6) is 1.77. The van der Waals surface area contributed by atoms with Gasteiger partial charge >= 0.3 is 0 Å². The lowest BCUT2D eigenvalue weighted by Gasteiger charge is -2.16. The van der Waals surface area contributed by atoms with Crippen LogP contribution in [0.1, 0.15) is 44.7 Å². The average Bonchev–Trinajstić information content (AvgIpc) is 3.27. The van der Waals surface area contributed by atoms with Gasteiger partial charge in [0.15, 0.2) is 23.3 Å². The zero-order chi connectivity index (χ0) is 23.8. The van der Waals surface area contributed by atoms with Crippen LogP contribution in [0.2, 0.25) is 0 Å². The summed E-state index contributed by atoms with van der Waals surface area (Å²) in [5.41, 5.74) is 3.16. The van der Waals surface area contributed by atoms with Gasteiger partial charge in [0.1, 0.15) is 5.75 Å². The van der Waals surface area contributed by atoms with Crippen molar-refractivity contribution in [2.45, 2.75) is 53.6 Å². The van der Waals surface area contributed by atoms with Gasteiger partial charge in [-0.15, -0.1) is 0 Å². The Bertz CT molecular complexity index is 1080. The molecule has 1 atom stereocenters. The number of amides is 1. The normalized spacial score (nSPS) is 11.7. The SMILES string of the molecule is CCCOc1ccc(-c2nonc2NC(=O)[C@H](C)Oc2cccc(C)c2C)cc1OCCC. The number of benzene rings is 2. The molecule has 33 heavy (non-hydrogen) atoms. The Balaban J connectivity index is 1.77. The van der Waals surface area contributed by atoms with Crippen molar-refractivity contribution in [2.75, 3.05) is 18.5 Å². The monoisotopic (exact) mass is 453 g/mol. The highest BCUT2D eigenvalue weighted by molar-refractivity contribution is 5.96. The fourth-order valence-electron chi connectivity index (χ4n) is 3.09. The topological polar surface area (TPSA) is 95.7 Å². The summed E-state index contributed by atoms with van der Waals surface area (Å²) in [7, 11) is 0. The number of nitrogens with zero attached hydrogens (tertiary/aromatic N) is 2. The predicted molar refractivity (Wildman–Crippen MR) is 126 cm³/mol. The molecule has 2 aromatic carbocycles. The van der Waals surface area contributed by atoms with Crippen LogP contribution in [0.15, 0.2) is 41.0 Å². The van der Waals surface area contributed by atoms with E-state index in [2.05, 4.69) is 15.6 Å². The molecule has 0 fully saturated rings. The Kier molecular flexibility index (Phi) is 8.29. The lowest BCUT2D eigenvalue weighted by Crippen LogP contribution is -2.30. The van der Waals surface area contributed by atoms with Gasteiger partial charge < -0.3 is 19.5 Å². The van der Waals surface area contributed by atoms with Crippen molar-refractivity contribution >= 4 is 11.7 Å². The van der Waals surface area contributed by atoms with Crippen LogP contribution in [0, 0.1) is 13.8 Å². The maximum absolute atomic E-state index is 12.8. The second kappa shape index (κ2) is 11.4. The minimum absolute atomic E-state index is 0.208. The zero-order valence-electron chi connectivity index (χ0n) is 19.8. The highest BCUT2D eigenvalue weighted by Gasteiger charge is 2.22. The number of hydrogen-bond acceptors (Lipinski definition) is 7. The molecule has 0 aliphatic carbocycles. The Morgan fingerprint density at radius 1 is 1.00 bits per heavy atom. The Labute approximate surface area is 194 Å². The molecule has 0 radical (unpaired) electrons. The first kappa shape index (κ1) is 24.1. The van der Waals surface area contributed by atoms with E-state index >= 15 is 0 Å². The number of rotatable bonds is 11. The van der Waals surface area contributed by atoms with Crippen molar-refractivity contribution in [1.29, 1.82) is 0 Å². The van der Waals surface area contributed by atoms with Crippen LogP contribution in [-0.4, -0.2) is 35.5 Å². The summed E-state index contributed by atoms with van der Waals surface area (Å²) >= 11 is 0. The number of carbonyl (C=O) groups excluding carboxylic acids is 1. The maximum atomic E-state index is 12.8. The van der Waals surface area contributed by atoms with E-state index < -0.39 is 6.10 Å². The van der Waals surface area contributed by atoms with Crippen LogP contribution in [0.5, 0.6) is 17.2 Å². The minimum Gasteiger partial charge on any atom is -0.490 e. The van der Waals surface area contributed by atoms with Crippen LogP contribution in [0.25, 0.3) is 11.3 Å². The Morgan fingerprint density at radius 3 is 2.45 bits per heavy atom. The molecule has 0 aliphatic rings. The quantitative estimate of drug-likeness (QED) is 0.419. The molecular formula is C25H31N3O5. The second-order valence-corrected chi connectivity index (χ2v) is 7.77. The van der Waals surface area contributed by atoms with E-state index in [9.17, 15) is 4.79 Å². The summed E-state index contributed by atoms with van der Waals surface area (Å²) in [6.07, 6.45) is 1.01. The van der Waals surface area contributed by atoms with Crippen molar-refractivity contribution in [3.05, 3.63) is 47.5 Å². The molecule has 1 amide bonds. The highest BCUT2D eigenvalue weighted by atomic mass is 16.6. The van der Waals surface area contributed by atoms with Crippen LogP contribution < -0.4 is 19.5 Å². The Hall–Kier alpha value is -3.55. The van der Waals surface area contributed by atoms with Gasteiger partial charge in [-0.3, -0.25) is 4.79 Å². The molecule has 1 aromatic heterocycles. The van der Waals surface area contributed by atoms with Gasteiger partial charge in [0, 0.05) is 5.56 Å². The molecule has 0 saturated heterocycles. The van der Waals surface area contributed by atoms with Crippen LogP contribution in [-0.2, 0) is 4.79 Å². The fourth-order valence-corrected chi connectivity index (χ4v) is 3.09. The fraction of sp³-hybridized carbons (Fsp3) is 0.400. The zero-order valence-corrected chi connectivity index (χ0v) is 19.8. The summed E-state index contributed by atoms with van der Waals surface area (Å²) in [4.78, 5) is 12.8. The Morgan fingerprint density at radius 2 is 1.73 bits per heavy atom. The maximum Gasteiger partial charge on any atom is 0.266 e. The third-order valence-electron chi connectivity index (χ3n) is 5.10. The summed E-state index contributed by atoms with van der Waals surface area (Å²) < 4.78 is 22.4. The lowest BCUT2D eigenvalue weighted by molar-refractivity contribution is -0.122.